The van der Waals surface area contributed by atoms with Crippen LogP contribution in [0.5, 0.6) is 5.75 Å². The van der Waals surface area contributed by atoms with Gasteiger partial charge in [-0.05, 0) is 43.7 Å². The second-order valence-electron chi connectivity index (χ2n) is 6.94. The fourth-order valence-electron chi connectivity index (χ4n) is 3.56. The highest BCUT2D eigenvalue weighted by Gasteiger charge is 2.33. The highest BCUT2D eigenvalue weighted by Crippen LogP contribution is 2.31. The fraction of sp³-hybridized carbons (Fsp3) is 0.273. The van der Waals surface area contributed by atoms with Crippen LogP contribution < -0.4 is 19.6 Å². The maximum absolute atomic E-state index is 13.4. The Bertz CT molecular complexity index is 1350. The highest BCUT2D eigenvalue weighted by molar-refractivity contribution is 7.07. The Labute approximate surface area is 182 Å². The van der Waals surface area contributed by atoms with Gasteiger partial charge in [0.25, 0.3) is 5.56 Å². The molecule has 1 aliphatic rings. The zero-order valence-corrected chi connectivity index (χ0v) is 18.5. The molecule has 160 valence electrons. The lowest BCUT2D eigenvalue weighted by atomic mass is 9.96. The average molecular weight is 439 g/mol. The summed E-state index contributed by atoms with van der Waals surface area (Å²) in [7, 11) is 2.91. The predicted octanol–water partition coefficient (Wildman–Crippen LogP) is 1.63. The summed E-state index contributed by atoms with van der Waals surface area (Å²) in [6.45, 7) is 4.49. The van der Waals surface area contributed by atoms with Gasteiger partial charge in [0.2, 0.25) is 0 Å². The third-order valence-electron chi connectivity index (χ3n) is 5.12. The quantitative estimate of drug-likeness (QED) is 0.565. The van der Waals surface area contributed by atoms with Crippen LogP contribution in [0, 0.1) is 0 Å². The van der Waals surface area contributed by atoms with Gasteiger partial charge in [0.15, 0.2) is 4.80 Å². The molecule has 4 rings (SSSR count). The molecule has 1 atom stereocenters. The molecule has 0 spiro atoms. The molecular formula is C22H22N4O4S. The number of hydrogen-bond acceptors (Lipinski definition) is 7. The molecule has 1 aliphatic heterocycles. The number of nitrogens with zero attached hydrogens (tertiary/aromatic N) is 4. The first kappa shape index (κ1) is 20.8. The lowest BCUT2D eigenvalue weighted by Gasteiger charge is -2.24. The first-order chi connectivity index (χ1) is 15.0. The molecule has 0 amide bonds. The van der Waals surface area contributed by atoms with Gasteiger partial charge in [0.05, 0.1) is 41.8 Å². The number of rotatable bonds is 5. The summed E-state index contributed by atoms with van der Waals surface area (Å²) >= 11 is 1.27. The normalized spacial score (nSPS) is 16.1. The highest BCUT2D eigenvalue weighted by atomic mass is 32.1. The SMILES string of the molecule is CCn1ccc(/C=c2/sc3n(c2=O)[C@H](c2ccc(OC)cc2)C(C(=O)OC)=C(C)N=3)n1. The van der Waals surface area contributed by atoms with Crippen LogP contribution in [0.3, 0.4) is 0 Å². The van der Waals surface area contributed by atoms with E-state index in [9.17, 15) is 9.59 Å². The molecule has 3 aromatic rings. The first-order valence-electron chi connectivity index (χ1n) is 9.75. The lowest BCUT2D eigenvalue weighted by molar-refractivity contribution is -0.136. The van der Waals surface area contributed by atoms with Gasteiger partial charge in [-0.15, -0.1) is 0 Å². The molecule has 2 aromatic heterocycles. The van der Waals surface area contributed by atoms with Crippen molar-refractivity contribution in [2.24, 2.45) is 4.99 Å². The number of carbonyl (C=O) groups is 1. The van der Waals surface area contributed by atoms with E-state index in [2.05, 4.69) is 10.1 Å². The van der Waals surface area contributed by atoms with E-state index in [-0.39, 0.29) is 5.56 Å². The van der Waals surface area contributed by atoms with Crippen molar-refractivity contribution in [2.45, 2.75) is 26.4 Å². The largest absolute Gasteiger partial charge is 0.497 e. The van der Waals surface area contributed by atoms with Gasteiger partial charge in [-0.1, -0.05) is 23.5 Å². The van der Waals surface area contributed by atoms with Crippen molar-refractivity contribution in [1.29, 1.82) is 0 Å². The van der Waals surface area contributed by atoms with Gasteiger partial charge in [-0.25, -0.2) is 9.79 Å². The number of benzene rings is 1. The molecular weight excluding hydrogens is 416 g/mol. The number of carbonyl (C=O) groups excluding carboxylic acids is 1. The molecule has 0 aliphatic carbocycles. The molecule has 0 fully saturated rings. The number of hydrogen-bond donors (Lipinski definition) is 0. The number of methoxy groups -OCH3 is 2. The topological polar surface area (TPSA) is 87.7 Å². The molecule has 0 saturated carbocycles. The number of aromatic nitrogens is 3. The van der Waals surface area contributed by atoms with Crippen LogP contribution in [0.4, 0.5) is 0 Å². The van der Waals surface area contributed by atoms with Gasteiger partial charge in [0, 0.05) is 12.7 Å². The zero-order valence-electron chi connectivity index (χ0n) is 17.7. The van der Waals surface area contributed by atoms with Gasteiger partial charge in [-0.3, -0.25) is 14.0 Å². The maximum atomic E-state index is 13.4. The van der Waals surface area contributed by atoms with Crippen molar-refractivity contribution in [1.82, 2.24) is 14.3 Å². The summed E-state index contributed by atoms with van der Waals surface area (Å²) in [6, 6.07) is 8.48. The van der Waals surface area contributed by atoms with Crippen molar-refractivity contribution >= 4 is 23.4 Å². The van der Waals surface area contributed by atoms with Gasteiger partial charge in [-0.2, -0.15) is 5.10 Å². The predicted molar refractivity (Wildman–Crippen MR) is 117 cm³/mol. The Morgan fingerprint density at radius 3 is 2.58 bits per heavy atom. The van der Waals surface area contributed by atoms with E-state index in [0.29, 0.717) is 32.0 Å². The monoisotopic (exact) mass is 438 g/mol. The number of aryl methyl sites for hydroxylation is 1. The average Bonchev–Trinajstić information content (AvgIpc) is 3.36. The fourth-order valence-corrected chi connectivity index (χ4v) is 4.59. The van der Waals surface area contributed by atoms with Crippen LogP contribution in [0.25, 0.3) is 6.08 Å². The third-order valence-corrected chi connectivity index (χ3v) is 6.11. The zero-order chi connectivity index (χ0) is 22.1. The van der Waals surface area contributed by atoms with E-state index < -0.39 is 12.0 Å². The van der Waals surface area contributed by atoms with Gasteiger partial charge < -0.3 is 9.47 Å². The Kier molecular flexibility index (Phi) is 5.60. The second kappa shape index (κ2) is 8.35. The number of ether oxygens (including phenoxy) is 2. The smallest absolute Gasteiger partial charge is 0.338 e. The van der Waals surface area contributed by atoms with E-state index in [0.717, 1.165) is 12.1 Å². The Hall–Kier alpha value is -3.46. The Balaban J connectivity index is 1.93. The molecule has 1 aromatic carbocycles. The van der Waals surface area contributed by atoms with E-state index in [1.165, 1.54) is 18.4 Å². The van der Waals surface area contributed by atoms with Crippen LogP contribution in [-0.2, 0) is 16.1 Å². The van der Waals surface area contributed by atoms with Gasteiger partial charge >= 0.3 is 5.97 Å². The number of esters is 1. The van der Waals surface area contributed by atoms with Crippen LogP contribution in [-0.4, -0.2) is 34.5 Å². The molecule has 8 nitrogen and oxygen atoms in total. The lowest BCUT2D eigenvalue weighted by Crippen LogP contribution is -2.39. The van der Waals surface area contributed by atoms with Crippen molar-refractivity contribution < 1.29 is 14.3 Å². The minimum atomic E-state index is -0.648. The minimum absolute atomic E-state index is 0.232. The van der Waals surface area contributed by atoms with E-state index >= 15 is 0 Å². The van der Waals surface area contributed by atoms with Crippen molar-refractivity contribution in [3.8, 4) is 5.75 Å². The Morgan fingerprint density at radius 2 is 1.97 bits per heavy atom. The van der Waals surface area contributed by atoms with E-state index in [4.69, 9.17) is 9.47 Å². The van der Waals surface area contributed by atoms with E-state index in [1.54, 1.807) is 41.5 Å². The third kappa shape index (κ3) is 3.72. The summed E-state index contributed by atoms with van der Waals surface area (Å²) < 4.78 is 14.1. The van der Waals surface area contributed by atoms with Crippen LogP contribution in [0.15, 0.2) is 57.6 Å². The Morgan fingerprint density at radius 1 is 1.23 bits per heavy atom. The summed E-state index contributed by atoms with van der Waals surface area (Å²) in [4.78, 5) is 31.1. The van der Waals surface area contributed by atoms with Gasteiger partial charge in [0.1, 0.15) is 5.75 Å². The van der Waals surface area contributed by atoms with Crippen molar-refractivity contribution in [3.05, 3.63) is 78.7 Å². The molecule has 9 heteroatoms. The maximum Gasteiger partial charge on any atom is 0.338 e. The van der Waals surface area contributed by atoms with Crippen LogP contribution >= 0.6 is 11.3 Å². The molecule has 0 bridgehead atoms. The molecule has 0 N–H and O–H groups in total. The van der Waals surface area contributed by atoms with E-state index in [1.807, 2.05) is 31.3 Å². The van der Waals surface area contributed by atoms with Crippen molar-refractivity contribution in [3.63, 3.8) is 0 Å². The summed E-state index contributed by atoms with van der Waals surface area (Å²) in [5.41, 5.74) is 2.08. The summed E-state index contributed by atoms with van der Waals surface area (Å²) in [6.07, 6.45) is 3.61. The minimum Gasteiger partial charge on any atom is -0.497 e. The van der Waals surface area contributed by atoms with Crippen molar-refractivity contribution in [2.75, 3.05) is 14.2 Å². The molecule has 31 heavy (non-hydrogen) atoms. The number of thiazole rings is 1. The second-order valence-corrected chi connectivity index (χ2v) is 7.95. The number of fused-ring (bicyclic) bond motifs is 1. The van der Waals surface area contributed by atoms with Crippen LogP contribution in [0.2, 0.25) is 0 Å². The summed E-state index contributed by atoms with van der Waals surface area (Å²) in [5.74, 6) is 0.168. The van der Waals surface area contributed by atoms with Crippen LogP contribution in [0.1, 0.15) is 31.1 Å². The molecule has 3 heterocycles. The molecule has 0 saturated heterocycles. The molecule has 0 unspecified atom stereocenters. The number of allylic oxidation sites excluding steroid dienone is 1. The molecule has 0 radical (unpaired) electrons. The summed E-state index contributed by atoms with van der Waals surface area (Å²) in [5, 5.41) is 4.43. The standard InChI is InChI=1S/C22H22N4O4S/c1-5-25-11-10-15(24-25)12-17-20(27)26-19(14-6-8-16(29-3)9-7-14)18(21(28)30-4)13(2)23-22(26)31-17/h6-12,19H,5H2,1-4H3/b17-12+/t19-/m1/s1. The first-order valence-corrected chi connectivity index (χ1v) is 10.6.